The third kappa shape index (κ3) is 4.66. The molecule has 0 aliphatic heterocycles. The Morgan fingerprint density at radius 3 is 1.36 bits per heavy atom. The summed E-state index contributed by atoms with van der Waals surface area (Å²) < 4.78 is 0. The van der Waals surface area contributed by atoms with Gasteiger partial charge in [0, 0.05) is 24.3 Å². The van der Waals surface area contributed by atoms with Crippen molar-refractivity contribution in [1.29, 1.82) is 0 Å². The Bertz CT molecular complexity index is 532. The molecular formula is C20H24N2. The van der Waals surface area contributed by atoms with Gasteiger partial charge in [-0.05, 0) is 24.0 Å². The Morgan fingerprint density at radius 2 is 1.05 bits per heavy atom. The van der Waals surface area contributed by atoms with E-state index in [0.717, 1.165) is 12.8 Å². The molecule has 0 unspecified atom stereocenters. The van der Waals surface area contributed by atoms with Gasteiger partial charge >= 0.3 is 0 Å². The van der Waals surface area contributed by atoms with Crippen LogP contribution in [0.3, 0.4) is 0 Å². The molecule has 0 aromatic heterocycles. The quantitative estimate of drug-likeness (QED) is 0.480. The second kappa shape index (κ2) is 8.93. The normalized spacial score (nSPS) is 14.5. The lowest BCUT2D eigenvalue weighted by Gasteiger charge is -2.09. The molecule has 0 radical (unpaired) electrons. The topological polar surface area (TPSA) is 24.7 Å². The summed E-state index contributed by atoms with van der Waals surface area (Å²) >= 11 is 0. The molecule has 0 amide bonds. The highest BCUT2D eigenvalue weighted by Crippen LogP contribution is 2.18. The third-order valence-corrected chi connectivity index (χ3v) is 3.89. The highest BCUT2D eigenvalue weighted by molar-refractivity contribution is 5.71. The standard InChI is InChI=1S/C20H24N2/c1-3-17(19-11-7-5-8-12-19)15-21-22-16-18(4-2)20-13-9-6-10-14-20/h5-18H,3-4H2,1-2H3/b21-15+,22-16+/t17-,18-/m1/s1. The van der Waals surface area contributed by atoms with Crippen molar-refractivity contribution in [2.75, 3.05) is 0 Å². The molecule has 0 heterocycles. The van der Waals surface area contributed by atoms with Crippen molar-refractivity contribution < 1.29 is 0 Å². The lowest BCUT2D eigenvalue weighted by atomic mass is 9.98. The van der Waals surface area contributed by atoms with Gasteiger partial charge in [-0.1, -0.05) is 74.5 Å². The predicted molar refractivity (Wildman–Crippen MR) is 95.9 cm³/mol. The average Bonchev–Trinajstić information content (AvgIpc) is 2.60. The first-order chi connectivity index (χ1) is 10.8. The van der Waals surface area contributed by atoms with Crippen LogP contribution in [0, 0.1) is 0 Å². The van der Waals surface area contributed by atoms with E-state index in [2.05, 4.69) is 72.6 Å². The van der Waals surface area contributed by atoms with Crippen LogP contribution in [0.4, 0.5) is 0 Å². The molecule has 0 fully saturated rings. The molecule has 0 aliphatic rings. The van der Waals surface area contributed by atoms with Crippen molar-refractivity contribution in [1.82, 2.24) is 0 Å². The van der Waals surface area contributed by atoms with Crippen LogP contribution in [0.2, 0.25) is 0 Å². The second-order valence-electron chi connectivity index (χ2n) is 5.38. The van der Waals surface area contributed by atoms with Gasteiger partial charge in [0.1, 0.15) is 0 Å². The van der Waals surface area contributed by atoms with E-state index in [1.165, 1.54) is 11.1 Å². The summed E-state index contributed by atoms with van der Waals surface area (Å²) in [6.45, 7) is 4.35. The van der Waals surface area contributed by atoms with Crippen molar-refractivity contribution in [2.45, 2.75) is 38.5 Å². The molecule has 0 saturated heterocycles. The summed E-state index contributed by atoms with van der Waals surface area (Å²) in [6.07, 6.45) is 5.95. The maximum absolute atomic E-state index is 4.28. The summed E-state index contributed by atoms with van der Waals surface area (Å²) in [5.41, 5.74) is 2.58. The molecule has 0 aliphatic carbocycles. The number of rotatable bonds is 7. The highest BCUT2D eigenvalue weighted by atomic mass is 15.2. The molecule has 2 rings (SSSR count). The summed E-state index contributed by atoms with van der Waals surface area (Å²) in [4.78, 5) is 0. The zero-order valence-electron chi connectivity index (χ0n) is 13.4. The van der Waals surface area contributed by atoms with Crippen LogP contribution in [-0.4, -0.2) is 12.4 Å². The van der Waals surface area contributed by atoms with Gasteiger partial charge in [0.25, 0.3) is 0 Å². The van der Waals surface area contributed by atoms with Gasteiger partial charge in [0.2, 0.25) is 0 Å². The number of hydrogen-bond donors (Lipinski definition) is 0. The minimum Gasteiger partial charge on any atom is -0.163 e. The first-order valence-electron chi connectivity index (χ1n) is 8.01. The maximum atomic E-state index is 4.28. The lowest BCUT2D eigenvalue weighted by molar-refractivity contribution is 0.845. The van der Waals surface area contributed by atoms with Crippen molar-refractivity contribution in [2.24, 2.45) is 10.2 Å². The zero-order valence-corrected chi connectivity index (χ0v) is 13.4. The van der Waals surface area contributed by atoms with Crippen LogP contribution in [0.15, 0.2) is 70.9 Å². The maximum Gasteiger partial charge on any atom is 0.0344 e. The van der Waals surface area contributed by atoms with Gasteiger partial charge < -0.3 is 0 Å². The van der Waals surface area contributed by atoms with Crippen molar-refractivity contribution in [3.8, 4) is 0 Å². The summed E-state index contributed by atoms with van der Waals surface area (Å²) in [5, 5.41) is 8.55. The molecule has 0 N–H and O–H groups in total. The van der Waals surface area contributed by atoms with Crippen LogP contribution in [0.25, 0.3) is 0 Å². The van der Waals surface area contributed by atoms with Crippen molar-refractivity contribution in [3.63, 3.8) is 0 Å². The van der Waals surface area contributed by atoms with Gasteiger partial charge in [0.15, 0.2) is 0 Å². The Balaban J connectivity index is 2.00. The van der Waals surface area contributed by atoms with E-state index in [-0.39, 0.29) is 0 Å². The van der Waals surface area contributed by atoms with Gasteiger partial charge in [-0.25, -0.2) is 0 Å². The zero-order chi connectivity index (χ0) is 15.6. The predicted octanol–water partition coefficient (Wildman–Crippen LogP) is 5.43. The van der Waals surface area contributed by atoms with Crippen LogP contribution < -0.4 is 0 Å². The molecule has 0 saturated carbocycles. The Kier molecular flexibility index (Phi) is 6.56. The monoisotopic (exact) mass is 292 g/mol. The first kappa shape index (κ1) is 16.2. The van der Waals surface area contributed by atoms with Crippen LogP contribution in [0.1, 0.15) is 49.7 Å². The smallest absolute Gasteiger partial charge is 0.0344 e. The first-order valence-corrected chi connectivity index (χ1v) is 8.01. The molecule has 2 heteroatoms. The highest BCUT2D eigenvalue weighted by Gasteiger charge is 2.06. The van der Waals surface area contributed by atoms with E-state index in [9.17, 15) is 0 Å². The summed E-state index contributed by atoms with van der Waals surface area (Å²) in [7, 11) is 0. The molecule has 0 spiro atoms. The Hall–Kier alpha value is -2.22. The number of hydrogen-bond acceptors (Lipinski definition) is 2. The van der Waals surface area contributed by atoms with Gasteiger partial charge in [-0.2, -0.15) is 10.2 Å². The molecule has 22 heavy (non-hydrogen) atoms. The largest absolute Gasteiger partial charge is 0.163 e. The van der Waals surface area contributed by atoms with E-state index >= 15 is 0 Å². The van der Waals surface area contributed by atoms with Gasteiger partial charge in [-0.3, -0.25) is 0 Å². The van der Waals surface area contributed by atoms with Crippen molar-refractivity contribution >= 4 is 12.4 Å². The number of nitrogens with zero attached hydrogens (tertiary/aromatic N) is 2. The fourth-order valence-electron chi connectivity index (χ4n) is 2.49. The molecule has 2 aromatic carbocycles. The van der Waals surface area contributed by atoms with E-state index in [0.29, 0.717) is 11.8 Å². The van der Waals surface area contributed by atoms with E-state index in [1.54, 1.807) is 0 Å². The Morgan fingerprint density at radius 1 is 0.682 bits per heavy atom. The molecule has 114 valence electrons. The van der Waals surface area contributed by atoms with E-state index in [1.807, 2.05) is 24.6 Å². The van der Waals surface area contributed by atoms with Crippen LogP contribution in [-0.2, 0) is 0 Å². The van der Waals surface area contributed by atoms with Crippen LogP contribution in [0.5, 0.6) is 0 Å². The Labute approximate surface area is 133 Å². The lowest BCUT2D eigenvalue weighted by Crippen LogP contribution is -1.99. The summed E-state index contributed by atoms with van der Waals surface area (Å²) in [6, 6.07) is 20.9. The molecule has 0 bridgehead atoms. The molecular weight excluding hydrogens is 268 g/mol. The fraction of sp³-hybridized carbons (Fsp3) is 0.300. The fourth-order valence-corrected chi connectivity index (χ4v) is 2.49. The minimum atomic E-state index is 0.329. The van der Waals surface area contributed by atoms with E-state index in [4.69, 9.17) is 0 Å². The number of benzene rings is 2. The van der Waals surface area contributed by atoms with Gasteiger partial charge in [0.05, 0.1) is 0 Å². The SMILES string of the molecule is CC[C@H](/C=N/N=C/[C@@H](CC)c1ccccc1)c1ccccc1. The second-order valence-corrected chi connectivity index (χ2v) is 5.38. The molecule has 2 nitrogen and oxygen atoms in total. The minimum absolute atomic E-state index is 0.329. The third-order valence-electron chi connectivity index (χ3n) is 3.89. The molecule has 2 atom stereocenters. The van der Waals surface area contributed by atoms with Gasteiger partial charge in [-0.15, -0.1) is 0 Å². The molecule has 2 aromatic rings. The van der Waals surface area contributed by atoms with Crippen LogP contribution >= 0.6 is 0 Å². The summed E-state index contributed by atoms with van der Waals surface area (Å²) in [5.74, 6) is 0.658. The average molecular weight is 292 g/mol. The van der Waals surface area contributed by atoms with E-state index < -0.39 is 0 Å². The van der Waals surface area contributed by atoms with Crippen molar-refractivity contribution in [3.05, 3.63) is 71.8 Å².